The first-order valence-corrected chi connectivity index (χ1v) is 15.2. The molecule has 2 fully saturated rings. The van der Waals surface area contributed by atoms with Crippen molar-refractivity contribution in [1.82, 2.24) is 19.5 Å². The molecule has 9 nitrogen and oxygen atoms in total. The fourth-order valence-electron chi connectivity index (χ4n) is 5.71. The smallest absolute Gasteiger partial charge is 0.257 e. The molecule has 216 valence electrons. The molecule has 0 saturated carbocycles. The number of nitrogens with one attached hydrogen (secondary N) is 1. The molecule has 0 radical (unpaired) electrons. The molecule has 1 amide bonds. The van der Waals surface area contributed by atoms with Crippen LogP contribution >= 0.6 is 23.4 Å². The molecule has 11 heteroatoms. The number of hydrogen-bond acceptors (Lipinski definition) is 8. The van der Waals surface area contributed by atoms with Crippen LogP contribution in [0.4, 0.5) is 0 Å². The average Bonchev–Trinajstić information content (AvgIpc) is 3.31. The summed E-state index contributed by atoms with van der Waals surface area (Å²) in [6.45, 7) is 5.58. The molecule has 0 aliphatic carbocycles. The van der Waals surface area contributed by atoms with Gasteiger partial charge in [-0.2, -0.15) is 0 Å². The minimum Gasteiger partial charge on any atom is -0.379 e. The normalized spacial score (nSPS) is 18.3. The number of benzene rings is 2. The first-order chi connectivity index (χ1) is 19.8. The van der Waals surface area contributed by atoms with Gasteiger partial charge in [-0.1, -0.05) is 35.5 Å². The Hall–Kier alpha value is -2.70. The highest BCUT2D eigenvalue weighted by Gasteiger charge is 2.31. The molecule has 2 aliphatic heterocycles. The lowest BCUT2D eigenvalue weighted by Gasteiger charge is -2.34. The van der Waals surface area contributed by atoms with E-state index in [0.29, 0.717) is 48.9 Å². The molecule has 4 heterocycles. The summed E-state index contributed by atoms with van der Waals surface area (Å²) in [6.07, 6.45) is 4.30. The van der Waals surface area contributed by atoms with Gasteiger partial charge in [0.25, 0.3) is 5.91 Å². The quantitative estimate of drug-likeness (QED) is 0.267. The second-order valence-corrected chi connectivity index (χ2v) is 12.6. The summed E-state index contributed by atoms with van der Waals surface area (Å²) in [7, 11) is 0. The Morgan fingerprint density at radius 2 is 1.78 bits per heavy atom. The van der Waals surface area contributed by atoms with Gasteiger partial charge in [0.1, 0.15) is 5.56 Å². The van der Waals surface area contributed by atoms with Crippen LogP contribution in [-0.4, -0.2) is 87.1 Å². The summed E-state index contributed by atoms with van der Waals surface area (Å²) >= 11 is 7.13. The van der Waals surface area contributed by atoms with Gasteiger partial charge in [-0.3, -0.25) is 19.4 Å². The molecule has 0 atom stereocenters. The predicted molar refractivity (Wildman–Crippen MR) is 161 cm³/mol. The van der Waals surface area contributed by atoms with Gasteiger partial charge in [0.15, 0.2) is 0 Å². The van der Waals surface area contributed by atoms with Crippen LogP contribution in [0.15, 0.2) is 53.6 Å². The molecule has 2 saturated heterocycles. The standard InChI is InChI=1S/C30H33ClN4O5S/c31-23-3-1-20(2-4-23)15-32-29(37)26-18-35-17-22(5-6-34-9-12-41-30(38,39)19-34)24-13-21(14-25(27(24)35)28(26)36)16-33-7-10-40-11-8-33/h1-4,13-14,17-18,38-39H,5-12,15-16,19H2,(H,32,37). The first-order valence-electron chi connectivity index (χ1n) is 13.8. The van der Waals surface area contributed by atoms with Crippen molar-refractivity contribution in [3.63, 3.8) is 0 Å². The summed E-state index contributed by atoms with van der Waals surface area (Å²) in [5.74, 6) is 0.222. The Kier molecular flexibility index (Phi) is 8.24. The van der Waals surface area contributed by atoms with Crippen LogP contribution in [0.1, 0.15) is 27.0 Å². The lowest BCUT2D eigenvalue weighted by atomic mass is 10.0. The minimum absolute atomic E-state index is 0.0943. The van der Waals surface area contributed by atoms with Crippen molar-refractivity contribution in [3.05, 3.63) is 86.3 Å². The molecule has 0 spiro atoms. The van der Waals surface area contributed by atoms with Crippen LogP contribution in [0.25, 0.3) is 16.3 Å². The van der Waals surface area contributed by atoms with Gasteiger partial charge in [-0.15, -0.1) is 0 Å². The largest absolute Gasteiger partial charge is 0.379 e. The van der Waals surface area contributed by atoms with E-state index in [1.165, 1.54) is 0 Å². The maximum atomic E-state index is 13.8. The number of halogens is 1. The SMILES string of the molecule is O=C(NCc1ccc(Cl)cc1)c1cn2cc(CCN3CCSC(O)(O)C3)c3cc(CN4CCOCC4)cc(c1=O)c32. The van der Waals surface area contributed by atoms with E-state index in [1.54, 1.807) is 18.3 Å². The predicted octanol–water partition coefficient (Wildman–Crippen LogP) is 2.54. The molecule has 0 unspecified atom stereocenters. The van der Waals surface area contributed by atoms with E-state index in [4.69, 9.17) is 16.3 Å². The Morgan fingerprint density at radius 3 is 2.54 bits per heavy atom. The molecule has 2 aromatic carbocycles. The number of amides is 1. The number of rotatable bonds is 8. The van der Waals surface area contributed by atoms with Crippen molar-refractivity contribution in [2.45, 2.75) is 24.6 Å². The zero-order valence-electron chi connectivity index (χ0n) is 22.6. The van der Waals surface area contributed by atoms with Crippen molar-refractivity contribution in [2.75, 3.05) is 51.7 Å². The van der Waals surface area contributed by atoms with Crippen molar-refractivity contribution in [1.29, 1.82) is 0 Å². The van der Waals surface area contributed by atoms with E-state index in [2.05, 4.69) is 21.2 Å². The number of nitrogens with zero attached hydrogens (tertiary/aromatic N) is 3. The molecular weight excluding hydrogens is 564 g/mol. The number of carbonyl (C=O) groups is 1. The molecule has 4 aromatic rings. The number of carbonyl (C=O) groups excluding carboxylic acids is 1. The summed E-state index contributed by atoms with van der Waals surface area (Å²) in [4.78, 5) is 31.4. The van der Waals surface area contributed by atoms with E-state index >= 15 is 0 Å². The van der Waals surface area contributed by atoms with E-state index in [0.717, 1.165) is 59.0 Å². The highest BCUT2D eigenvalue weighted by atomic mass is 35.5. The van der Waals surface area contributed by atoms with Gasteiger partial charge in [-0.05, 0) is 47.4 Å². The van der Waals surface area contributed by atoms with Crippen LogP contribution < -0.4 is 10.7 Å². The zero-order chi connectivity index (χ0) is 28.6. The number of pyridine rings is 1. The van der Waals surface area contributed by atoms with Gasteiger partial charge in [-0.25, -0.2) is 0 Å². The van der Waals surface area contributed by atoms with Gasteiger partial charge in [0.05, 0.1) is 25.3 Å². The van der Waals surface area contributed by atoms with E-state index in [-0.39, 0.29) is 24.1 Å². The average molecular weight is 597 g/mol. The van der Waals surface area contributed by atoms with Crippen LogP contribution in [0.5, 0.6) is 0 Å². The van der Waals surface area contributed by atoms with Gasteiger partial charge in [0.2, 0.25) is 10.5 Å². The Balaban J connectivity index is 1.33. The molecule has 0 bridgehead atoms. The van der Waals surface area contributed by atoms with Crippen molar-refractivity contribution >= 4 is 45.6 Å². The fourth-order valence-corrected chi connectivity index (χ4v) is 6.79. The van der Waals surface area contributed by atoms with Crippen LogP contribution in [-0.2, 0) is 24.2 Å². The number of aromatic nitrogens is 1. The number of aliphatic hydroxyl groups is 2. The highest BCUT2D eigenvalue weighted by molar-refractivity contribution is 8.00. The molecule has 3 N–H and O–H groups in total. The third-order valence-electron chi connectivity index (χ3n) is 7.81. The molecular formula is C30H33ClN4O5S. The Labute approximate surface area is 247 Å². The Bertz CT molecular complexity index is 1600. The fraction of sp³-hybridized carbons (Fsp3) is 0.400. The third kappa shape index (κ3) is 6.39. The van der Waals surface area contributed by atoms with E-state index in [9.17, 15) is 19.8 Å². The second kappa shape index (κ2) is 11.9. The number of thioether (sulfide) groups is 1. The van der Waals surface area contributed by atoms with E-state index < -0.39 is 11.0 Å². The van der Waals surface area contributed by atoms with Crippen LogP contribution in [0.3, 0.4) is 0 Å². The van der Waals surface area contributed by atoms with Gasteiger partial charge in [0, 0.05) is 73.2 Å². The van der Waals surface area contributed by atoms with Crippen molar-refractivity contribution < 1.29 is 19.7 Å². The minimum atomic E-state index is -1.74. The van der Waals surface area contributed by atoms with Crippen molar-refractivity contribution in [3.8, 4) is 0 Å². The van der Waals surface area contributed by atoms with E-state index in [1.807, 2.05) is 28.8 Å². The highest BCUT2D eigenvalue weighted by Crippen LogP contribution is 2.29. The topological polar surface area (TPSA) is 107 Å². The van der Waals surface area contributed by atoms with Crippen LogP contribution in [0, 0.1) is 0 Å². The van der Waals surface area contributed by atoms with Gasteiger partial charge < -0.3 is 24.7 Å². The van der Waals surface area contributed by atoms with Gasteiger partial charge >= 0.3 is 0 Å². The molecule has 2 aliphatic rings. The third-order valence-corrected chi connectivity index (χ3v) is 9.04. The van der Waals surface area contributed by atoms with Crippen LogP contribution in [0.2, 0.25) is 5.02 Å². The Morgan fingerprint density at radius 1 is 1.02 bits per heavy atom. The maximum Gasteiger partial charge on any atom is 0.257 e. The molecule has 6 rings (SSSR count). The monoisotopic (exact) mass is 596 g/mol. The summed E-state index contributed by atoms with van der Waals surface area (Å²) in [5, 5.41) is 23.5. The number of hydrogen-bond donors (Lipinski definition) is 3. The molecule has 2 aromatic heterocycles. The maximum absolute atomic E-state index is 13.8. The van der Waals surface area contributed by atoms with Crippen molar-refractivity contribution in [2.24, 2.45) is 0 Å². The zero-order valence-corrected chi connectivity index (χ0v) is 24.2. The number of ether oxygens (including phenoxy) is 1. The molecule has 41 heavy (non-hydrogen) atoms. The lowest BCUT2D eigenvalue weighted by Crippen LogP contribution is -2.47. The summed E-state index contributed by atoms with van der Waals surface area (Å²) in [6, 6.07) is 11.3. The first kappa shape index (κ1) is 28.4. The number of β-amino-alcohol motifs (C(OH)–C–C–N with tert-alkyl or cyclic N) is 2. The lowest BCUT2D eigenvalue weighted by molar-refractivity contribution is -0.0984. The second-order valence-electron chi connectivity index (χ2n) is 10.8. The summed E-state index contributed by atoms with van der Waals surface area (Å²) in [5.41, 5.74) is 3.56. The number of morpholine rings is 1. The summed E-state index contributed by atoms with van der Waals surface area (Å²) < 4.78 is 7.40.